The van der Waals surface area contributed by atoms with E-state index >= 15 is 0 Å². The molecule has 5 heteroatoms. The molecule has 23 heavy (non-hydrogen) atoms. The van der Waals surface area contributed by atoms with Gasteiger partial charge in [0.2, 0.25) is 0 Å². The van der Waals surface area contributed by atoms with Crippen LogP contribution in [-0.2, 0) is 21.9 Å². The molecule has 0 aliphatic rings. The van der Waals surface area contributed by atoms with Crippen molar-refractivity contribution in [3.05, 3.63) is 58.6 Å². The van der Waals surface area contributed by atoms with Gasteiger partial charge in [0, 0.05) is 0 Å². The summed E-state index contributed by atoms with van der Waals surface area (Å²) in [5.41, 5.74) is 2.49. The molecular weight excluding hydrogens is 330 g/mol. The smallest absolute Gasteiger partial charge is 0.261 e. The highest BCUT2D eigenvalue weighted by molar-refractivity contribution is 7.92. The van der Waals surface area contributed by atoms with E-state index in [1.54, 1.807) is 24.3 Å². The van der Waals surface area contributed by atoms with Gasteiger partial charge in [-0.3, -0.25) is 4.72 Å². The third kappa shape index (κ3) is 4.27. The molecule has 124 valence electrons. The third-order valence-electron chi connectivity index (χ3n) is 3.72. The maximum absolute atomic E-state index is 12.5. The lowest BCUT2D eigenvalue weighted by molar-refractivity contribution is 0.590. The zero-order chi connectivity index (χ0) is 17.3. The Balaban J connectivity index is 2.30. The Hall–Kier alpha value is -1.52. The van der Waals surface area contributed by atoms with Gasteiger partial charge in [0.15, 0.2) is 0 Å². The SMILES string of the molecule is CCc1ccc(S(=O)(=O)Nc2ccc(C(C)(C)C)cc2Cl)cc1. The lowest BCUT2D eigenvalue weighted by Gasteiger charge is -2.20. The first-order chi connectivity index (χ1) is 10.6. The second kappa shape index (κ2) is 6.54. The van der Waals surface area contributed by atoms with E-state index in [4.69, 9.17) is 11.6 Å². The molecule has 0 radical (unpaired) electrons. The van der Waals surface area contributed by atoms with Gasteiger partial charge in [-0.05, 0) is 47.2 Å². The van der Waals surface area contributed by atoms with Crippen LogP contribution in [0.3, 0.4) is 0 Å². The van der Waals surface area contributed by atoms with Gasteiger partial charge < -0.3 is 0 Å². The largest absolute Gasteiger partial charge is 0.278 e. The monoisotopic (exact) mass is 351 g/mol. The summed E-state index contributed by atoms with van der Waals surface area (Å²) in [7, 11) is -3.64. The summed E-state index contributed by atoms with van der Waals surface area (Å²) in [6.07, 6.45) is 0.869. The summed E-state index contributed by atoms with van der Waals surface area (Å²) < 4.78 is 27.5. The quantitative estimate of drug-likeness (QED) is 0.842. The van der Waals surface area contributed by atoms with Crippen LogP contribution in [0.15, 0.2) is 47.4 Å². The molecule has 1 N–H and O–H groups in total. The number of rotatable bonds is 4. The summed E-state index contributed by atoms with van der Waals surface area (Å²) >= 11 is 6.25. The normalized spacial score (nSPS) is 12.2. The molecular formula is C18H22ClNO2S. The molecule has 0 fully saturated rings. The van der Waals surface area contributed by atoms with Crippen LogP contribution in [0, 0.1) is 0 Å². The van der Waals surface area contributed by atoms with Crippen molar-refractivity contribution in [3.8, 4) is 0 Å². The van der Waals surface area contributed by atoms with Crippen LogP contribution in [-0.4, -0.2) is 8.42 Å². The van der Waals surface area contributed by atoms with Gasteiger partial charge in [-0.1, -0.05) is 57.5 Å². The molecule has 0 bridgehead atoms. The number of anilines is 1. The number of halogens is 1. The standard InChI is InChI=1S/C18H22ClNO2S/c1-5-13-6-9-15(10-7-13)23(21,22)20-17-11-8-14(12-16(17)19)18(2,3)4/h6-12,20H,5H2,1-4H3. The fourth-order valence-corrected chi connectivity index (χ4v) is 3.54. The van der Waals surface area contributed by atoms with Crippen molar-refractivity contribution in [1.82, 2.24) is 0 Å². The Kier molecular flexibility index (Phi) is 5.07. The number of aryl methyl sites for hydroxylation is 1. The molecule has 3 nitrogen and oxygen atoms in total. The van der Waals surface area contributed by atoms with Gasteiger partial charge in [0.1, 0.15) is 0 Å². The van der Waals surface area contributed by atoms with Crippen LogP contribution >= 0.6 is 11.6 Å². The van der Waals surface area contributed by atoms with E-state index in [1.807, 2.05) is 25.1 Å². The first-order valence-corrected chi connectivity index (χ1v) is 9.41. The summed E-state index contributed by atoms with van der Waals surface area (Å²) in [4.78, 5) is 0.227. The minimum Gasteiger partial charge on any atom is -0.278 e. The van der Waals surface area contributed by atoms with Crippen LogP contribution in [0.2, 0.25) is 5.02 Å². The highest BCUT2D eigenvalue weighted by atomic mass is 35.5. The molecule has 0 atom stereocenters. The molecule has 0 spiro atoms. The van der Waals surface area contributed by atoms with Crippen LogP contribution in [0.4, 0.5) is 5.69 Å². The molecule has 0 aromatic heterocycles. The van der Waals surface area contributed by atoms with Crippen molar-refractivity contribution in [1.29, 1.82) is 0 Å². The summed E-state index contributed by atoms with van der Waals surface area (Å²) in [6.45, 7) is 8.27. The number of benzene rings is 2. The second-order valence-corrected chi connectivity index (χ2v) is 8.64. The van der Waals surface area contributed by atoms with Crippen LogP contribution in [0.5, 0.6) is 0 Å². The minimum absolute atomic E-state index is 0.0446. The summed E-state index contributed by atoms with van der Waals surface area (Å²) in [5.74, 6) is 0. The summed E-state index contributed by atoms with van der Waals surface area (Å²) in [6, 6.07) is 12.3. The Morgan fingerprint density at radius 2 is 1.65 bits per heavy atom. The van der Waals surface area contributed by atoms with Gasteiger partial charge in [0.25, 0.3) is 10.0 Å². The predicted octanol–water partition coefficient (Wildman–Crippen LogP) is 5.00. The molecule has 0 aliphatic heterocycles. The van der Waals surface area contributed by atoms with E-state index in [-0.39, 0.29) is 10.3 Å². The Morgan fingerprint density at radius 3 is 2.13 bits per heavy atom. The van der Waals surface area contributed by atoms with Crippen molar-refractivity contribution in [2.24, 2.45) is 0 Å². The Labute approximate surface area is 143 Å². The third-order valence-corrected chi connectivity index (χ3v) is 5.42. The molecule has 0 saturated heterocycles. The minimum atomic E-state index is -3.64. The van der Waals surface area contributed by atoms with Gasteiger partial charge in [0.05, 0.1) is 15.6 Å². The molecule has 0 unspecified atom stereocenters. The van der Waals surface area contributed by atoms with E-state index in [1.165, 1.54) is 0 Å². The average Bonchev–Trinajstić information content (AvgIpc) is 2.48. The van der Waals surface area contributed by atoms with E-state index < -0.39 is 10.0 Å². The van der Waals surface area contributed by atoms with Crippen molar-refractivity contribution in [3.63, 3.8) is 0 Å². The molecule has 0 amide bonds. The van der Waals surface area contributed by atoms with Crippen LogP contribution in [0.25, 0.3) is 0 Å². The number of hydrogen-bond acceptors (Lipinski definition) is 2. The molecule has 2 aromatic carbocycles. The molecule has 0 saturated carbocycles. The molecule has 0 aliphatic carbocycles. The van der Waals surface area contributed by atoms with E-state index in [9.17, 15) is 8.42 Å². The second-order valence-electron chi connectivity index (χ2n) is 6.55. The number of nitrogens with one attached hydrogen (secondary N) is 1. The van der Waals surface area contributed by atoms with Crippen LogP contribution < -0.4 is 4.72 Å². The zero-order valence-corrected chi connectivity index (χ0v) is 15.4. The van der Waals surface area contributed by atoms with E-state index in [0.29, 0.717) is 10.7 Å². The number of sulfonamides is 1. The Morgan fingerprint density at radius 1 is 1.04 bits per heavy atom. The van der Waals surface area contributed by atoms with Crippen molar-refractivity contribution in [2.75, 3.05) is 4.72 Å². The predicted molar refractivity (Wildman–Crippen MR) is 96.8 cm³/mol. The highest BCUT2D eigenvalue weighted by Crippen LogP contribution is 2.31. The lowest BCUT2D eigenvalue weighted by Crippen LogP contribution is -2.15. The van der Waals surface area contributed by atoms with Gasteiger partial charge in [-0.25, -0.2) is 8.42 Å². The topological polar surface area (TPSA) is 46.2 Å². The van der Waals surface area contributed by atoms with Gasteiger partial charge >= 0.3 is 0 Å². The molecule has 2 aromatic rings. The van der Waals surface area contributed by atoms with Crippen molar-refractivity contribution < 1.29 is 8.42 Å². The fourth-order valence-electron chi connectivity index (χ4n) is 2.17. The Bertz CT molecular complexity index is 791. The van der Waals surface area contributed by atoms with Gasteiger partial charge in [-0.15, -0.1) is 0 Å². The van der Waals surface area contributed by atoms with Crippen molar-refractivity contribution in [2.45, 2.75) is 44.4 Å². The molecule has 2 rings (SSSR count). The van der Waals surface area contributed by atoms with Crippen LogP contribution in [0.1, 0.15) is 38.8 Å². The first kappa shape index (κ1) is 17.8. The lowest BCUT2D eigenvalue weighted by atomic mass is 9.87. The summed E-state index contributed by atoms with van der Waals surface area (Å²) in [5, 5.41) is 0.395. The van der Waals surface area contributed by atoms with Crippen molar-refractivity contribution >= 4 is 27.3 Å². The van der Waals surface area contributed by atoms with Gasteiger partial charge in [-0.2, -0.15) is 0 Å². The first-order valence-electron chi connectivity index (χ1n) is 7.55. The van der Waals surface area contributed by atoms with E-state index in [0.717, 1.165) is 17.5 Å². The maximum Gasteiger partial charge on any atom is 0.261 e. The fraction of sp³-hybridized carbons (Fsp3) is 0.333. The zero-order valence-electron chi connectivity index (χ0n) is 13.9. The average molecular weight is 352 g/mol. The number of hydrogen-bond donors (Lipinski definition) is 1. The molecule has 0 heterocycles. The maximum atomic E-state index is 12.5. The highest BCUT2D eigenvalue weighted by Gasteiger charge is 2.18. The van der Waals surface area contributed by atoms with E-state index in [2.05, 4.69) is 25.5 Å².